The molecule has 0 saturated heterocycles. The summed E-state index contributed by atoms with van der Waals surface area (Å²) in [7, 11) is -1.20. The van der Waals surface area contributed by atoms with Crippen LogP contribution in [0.2, 0.25) is 0 Å². The highest BCUT2D eigenvalue weighted by molar-refractivity contribution is 7.53. The van der Waals surface area contributed by atoms with E-state index in [1.807, 2.05) is 30.3 Å². The van der Waals surface area contributed by atoms with Crippen molar-refractivity contribution >= 4 is 13.1 Å². The Bertz CT molecular complexity index is 266. The van der Waals surface area contributed by atoms with Gasteiger partial charge in [0.15, 0.2) is 11.5 Å². The normalized spacial score (nSPS) is 10.8. The molecule has 1 rings (SSSR count). The Kier molecular flexibility index (Phi) is 3.69. The lowest BCUT2D eigenvalue weighted by atomic mass is 10.4. The number of hydrogen-bond donors (Lipinski definition) is 0. The van der Waals surface area contributed by atoms with E-state index in [4.69, 9.17) is 0 Å². The molecule has 2 heteroatoms. The molecular formula is C10H12OP+. The van der Waals surface area contributed by atoms with Gasteiger partial charge in [0.05, 0.1) is 0 Å². The quantitative estimate of drug-likeness (QED) is 0.513. The highest BCUT2D eigenvalue weighted by Crippen LogP contribution is 2.20. The van der Waals surface area contributed by atoms with Crippen LogP contribution in [0.3, 0.4) is 0 Å². The van der Waals surface area contributed by atoms with Gasteiger partial charge < -0.3 is 0 Å². The SMILES string of the molecule is C=CCC[P+](=O)c1ccccc1. The van der Waals surface area contributed by atoms with E-state index in [1.54, 1.807) is 6.08 Å². The average molecular weight is 179 g/mol. The van der Waals surface area contributed by atoms with E-state index < -0.39 is 7.80 Å². The molecule has 1 atom stereocenters. The molecule has 62 valence electrons. The van der Waals surface area contributed by atoms with Crippen LogP contribution < -0.4 is 5.30 Å². The lowest BCUT2D eigenvalue weighted by Gasteiger charge is -1.85. The Balaban J connectivity index is 2.59. The molecule has 0 aromatic heterocycles. The van der Waals surface area contributed by atoms with Crippen molar-refractivity contribution in [2.45, 2.75) is 6.42 Å². The van der Waals surface area contributed by atoms with Gasteiger partial charge in [-0.25, -0.2) is 0 Å². The van der Waals surface area contributed by atoms with Gasteiger partial charge in [0.1, 0.15) is 0 Å². The highest BCUT2D eigenvalue weighted by Gasteiger charge is 2.16. The van der Waals surface area contributed by atoms with Gasteiger partial charge in [0.2, 0.25) is 0 Å². The van der Waals surface area contributed by atoms with E-state index >= 15 is 0 Å². The fourth-order valence-electron chi connectivity index (χ4n) is 0.932. The summed E-state index contributed by atoms with van der Waals surface area (Å²) >= 11 is 0. The minimum Gasteiger partial charge on any atom is -0.103 e. The number of benzene rings is 1. The molecule has 0 aliphatic rings. The minimum absolute atomic E-state index is 0.711. The van der Waals surface area contributed by atoms with Gasteiger partial charge in [-0.1, -0.05) is 28.8 Å². The van der Waals surface area contributed by atoms with Gasteiger partial charge in [-0.05, 0) is 12.1 Å². The standard InChI is InChI=1S/C10H12OP/c1-2-3-9-12(11)10-7-5-4-6-8-10/h2,4-8H,1,3,9H2/q+1. The molecule has 12 heavy (non-hydrogen) atoms. The third-order valence-electron chi connectivity index (χ3n) is 1.58. The van der Waals surface area contributed by atoms with E-state index in [0.29, 0.717) is 6.16 Å². The van der Waals surface area contributed by atoms with Crippen LogP contribution in [0.1, 0.15) is 6.42 Å². The Morgan fingerprint density at radius 2 is 2.00 bits per heavy atom. The zero-order valence-electron chi connectivity index (χ0n) is 6.94. The van der Waals surface area contributed by atoms with Crippen molar-refractivity contribution in [3.05, 3.63) is 43.0 Å². The maximum absolute atomic E-state index is 11.5. The maximum Gasteiger partial charge on any atom is 0.377 e. The van der Waals surface area contributed by atoms with Crippen molar-refractivity contribution in [3.8, 4) is 0 Å². The molecule has 0 radical (unpaired) electrons. The fourth-order valence-corrected chi connectivity index (χ4v) is 2.11. The van der Waals surface area contributed by atoms with Crippen molar-refractivity contribution in [1.82, 2.24) is 0 Å². The minimum atomic E-state index is -1.20. The van der Waals surface area contributed by atoms with Crippen molar-refractivity contribution < 1.29 is 4.57 Å². The van der Waals surface area contributed by atoms with Crippen LogP contribution in [-0.4, -0.2) is 6.16 Å². The summed E-state index contributed by atoms with van der Waals surface area (Å²) in [5, 5.41) is 0.939. The van der Waals surface area contributed by atoms with Crippen molar-refractivity contribution in [1.29, 1.82) is 0 Å². The fraction of sp³-hybridized carbons (Fsp3) is 0.200. The average Bonchev–Trinajstić information content (AvgIpc) is 2.15. The second-order valence-corrected chi connectivity index (χ2v) is 4.24. The predicted molar refractivity (Wildman–Crippen MR) is 53.4 cm³/mol. The zero-order chi connectivity index (χ0) is 8.81. The molecule has 0 N–H and O–H groups in total. The maximum atomic E-state index is 11.5. The molecule has 0 fully saturated rings. The van der Waals surface area contributed by atoms with E-state index in [2.05, 4.69) is 6.58 Å². The molecule has 0 amide bonds. The van der Waals surface area contributed by atoms with Crippen LogP contribution in [-0.2, 0) is 4.57 Å². The monoisotopic (exact) mass is 179 g/mol. The van der Waals surface area contributed by atoms with Gasteiger partial charge in [-0.2, -0.15) is 0 Å². The molecule has 0 bridgehead atoms. The van der Waals surface area contributed by atoms with Crippen LogP contribution in [0.4, 0.5) is 0 Å². The Labute approximate surface area is 73.9 Å². The molecule has 1 unspecified atom stereocenters. The number of allylic oxidation sites excluding steroid dienone is 1. The van der Waals surface area contributed by atoms with Crippen molar-refractivity contribution in [3.63, 3.8) is 0 Å². The van der Waals surface area contributed by atoms with Crippen molar-refractivity contribution in [2.75, 3.05) is 6.16 Å². The molecule has 0 aliphatic carbocycles. The van der Waals surface area contributed by atoms with E-state index in [-0.39, 0.29) is 0 Å². The lowest BCUT2D eigenvalue weighted by Crippen LogP contribution is -1.95. The number of hydrogen-bond acceptors (Lipinski definition) is 1. The largest absolute Gasteiger partial charge is 0.377 e. The van der Waals surface area contributed by atoms with Gasteiger partial charge in [-0.15, -0.1) is 6.58 Å². The van der Waals surface area contributed by atoms with Gasteiger partial charge in [0, 0.05) is 6.42 Å². The molecule has 1 nitrogen and oxygen atoms in total. The van der Waals surface area contributed by atoms with Gasteiger partial charge >= 0.3 is 7.80 Å². The molecular weight excluding hydrogens is 167 g/mol. The molecule has 0 spiro atoms. The first-order valence-electron chi connectivity index (χ1n) is 3.95. The summed E-state index contributed by atoms with van der Waals surface area (Å²) in [4.78, 5) is 0. The Morgan fingerprint density at radius 1 is 1.33 bits per heavy atom. The first-order valence-corrected chi connectivity index (χ1v) is 5.39. The Morgan fingerprint density at radius 3 is 2.58 bits per heavy atom. The highest BCUT2D eigenvalue weighted by atomic mass is 31.1. The summed E-state index contributed by atoms with van der Waals surface area (Å²) in [5.74, 6) is 0. The molecule has 1 aromatic carbocycles. The first-order chi connectivity index (χ1) is 5.84. The summed E-state index contributed by atoms with van der Waals surface area (Å²) in [5.41, 5.74) is 0. The van der Waals surface area contributed by atoms with Crippen molar-refractivity contribution in [2.24, 2.45) is 0 Å². The van der Waals surface area contributed by atoms with Crippen LogP contribution in [0.5, 0.6) is 0 Å². The lowest BCUT2D eigenvalue weighted by molar-refractivity contribution is 0.593. The molecule has 0 aliphatic heterocycles. The van der Waals surface area contributed by atoms with Crippen LogP contribution >= 0.6 is 7.80 Å². The molecule has 0 heterocycles. The van der Waals surface area contributed by atoms with E-state index in [9.17, 15) is 4.57 Å². The zero-order valence-corrected chi connectivity index (χ0v) is 7.84. The second-order valence-electron chi connectivity index (χ2n) is 2.52. The third kappa shape index (κ3) is 2.60. The summed E-state index contributed by atoms with van der Waals surface area (Å²) in [6, 6.07) is 9.57. The second kappa shape index (κ2) is 4.84. The third-order valence-corrected chi connectivity index (χ3v) is 3.12. The summed E-state index contributed by atoms with van der Waals surface area (Å²) in [6.45, 7) is 3.60. The van der Waals surface area contributed by atoms with Crippen LogP contribution in [0.15, 0.2) is 43.0 Å². The van der Waals surface area contributed by atoms with E-state index in [0.717, 1.165) is 11.7 Å². The van der Waals surface area contributed by atoms with Crippen LogP contribution in [0, 0.1) is 0 Å². The van der Waals surface area contributed by atoms with E-state index in [1.165, 1.54) is 0 Å². The number of rotatable bonds is 4. The molecule has 0 saturated carbocycles. The van der Waals surface area contributed by atoms with Crippen LogP contribution in [0.25, 0.3) is 0 Å². The summed E-state index contributed by atoms with van der Waals surface area (Å²) < 4.78 is 11.5. The first kappa shape index (κ1) is 9.15. The molecule has 1 aromatic rings. The Hall–Kier alpha value is -0.940. The summed E-state index contributed by atoms with van der Waals surface area (Å²) in [6.07, 6.45) is 3.34. The van der Waals surface area contributed by atoms with Gasteiger partial charge in [0.25, 0.3) is 0 Å². The topological polar surface area (TPSA) is 17.1 Å². The smallest absolute Gasteiger partial charge is 0.103 e. The van der Waals surface area contributed by atoms with Gasteiger partial charge in [-0.3, -0.25) is 0 Å². The predicted octanol–water partition coefficient (Wildman–Crippen LogP) is 2.72.